The number of alkyl halides is 6. The molecule has 2 unspecified atom stereocenters. The highest BCUT2D eigenvalue weighted by Crippen LogP contribution is 2.37. The van der Waals surface area contributed by atoms with Gasteiger partial charge >= 0.3 is 24.3 Å². The van der Waals surface area contributed by atoms with Crippen LogP contribution in [0, 0.1) is 0 Å². The second-order valence-corrected chi connectivity index (χ2v) is 10.6. The molecule has 1 aliphatic heterocycles. The number of esters is 2. The van der Waals surface area contributed by atoms with E-state index in [2.05, 4.69) is 0 Å². The smallest absolute Gasteiger partial charge is 0.416 e. The quantitative estimate of drug-likeness (QED) is 0.165. The van der Waals surface area contributed by atoms with Gasteiger partial charge in [0.1, 0.15) is 13.2 Å². The Bertz CT molecular complexity index is 1250. The van der Waals surface area contributed by atoms with E-state index in [1.165, 1.54) is 24.0 Å². The van der Waals surface area contributed by atoms with E-state index in [1.807, 2.05) is 0 Å². The summed E-state index contributed by atoms with van der Waals surface area (Å²) in [5.74, 6) is -2.30. The van der Waals surface area contributed by atoms with Crippen molar-refractivity contribution >= 4 is 17.8 Å². The molecule has 1 aliphatic rings. The maximum atomic E-state index is 13.7. The van der Waals surface area contributed by atoms with Crippen molar-refractivity contribution in [1.82, 2.24) is 9.80 Å². The summed E-state index contributed by atoms with van der Waals surface area (Å²) in [7, 11) is 2.86. The highest BCUT2D eigenvalue weighted by Gasteiger charge is 2.40. The summed E-state index contributed by atoms with van der Waals surface area (Å²) < 4.78 is 102. The van der Waals surface area contributed by atoms with Crippen LogP contribution in [-0.2, 0) is 47.3 Å². The van der Waals surface area contributed by atoms with E-state index in [0.29, 0.717) is 12.1 Å². The predicted octanol–water partition coefficient (Wildman–Crippen LogP) is 4.62. The van der Waals surface area contributed by atoms with Crippen molar-refractivity contribution in [2.24, 2.45) is 0 Å². The average molecular weight is 663 g/mol. The molecule has 0 spiro atoms. The van der Waals surface area contributed by atoms with Crippen LogP contribution in [0.15, 0.2) is 48.5 Å². The lowest BCUT2D eigenvalue weighted by Crippen LogP contribution is -2.54. The van der Waals surface area contributed by atoms with Gasteiger partial charge in [0, 0.05) is 38.4 Å². The van der Waals surface area contributed by atoms with E-state index in [0.717, 1.165) is 5.56 Å². The summed E-state index contributed by atoms with van der Waals surface area (Å²) in [5, 5.41) is 0. The van der Waals surface area contributed by atoms with Gasteiger partial charge in [0.15, 0.2) is 0 Å². The molecule has 1 amide bonds. The maximum Gasteiger partial charge on any atom is 0.416 e. The first-order chi connectivity index (χ1) is 21.7. The molecule has 15 heteroatoms. The van der Waals surface area contributed by atoms with Gasteiger partial charge in [-0.15, -0.1) is 0 Å². The molecule has 1 fully saturated rings. The number of likely N-dealkylation sites (tertiary alicyclic amines) is 1. The Morgan fingerprint density at radius 3 is 1.80 bits per heavy atom. The number of piperidine rings is 1. The summed E-state index contributed by atoms with van der Waals surface area (Å²) in [6.45, 7) is -0.465. The topological polar surface area (TPSA) is 94.6 Å². The molecule has 46 heavy (non-hydrogen) atoms. The van der Waals surface area contributed by atoms with Crippen molar-refractivity contribution in [3.05, 3.63) is 70.8 Å². The van der Waals surface area contributed by atoms with Crippen LogP contribution in [0.25, 0.3) is 0 Å². The summed E-state index contributed by atoms with van der Waals surface area (Å²) in [6, 6.07) is 8.41. The molecule has 0 saturated carbocycles. The SMILES string of the molecule is COCCOC(=O)CN(CC(=O)OCCOC)C1CCN(C(=O)c2cc(C(F)(F)F)cc(C(F)(F)F)c2)C(Cc2ccccc2)C1. The van der Waals surface area contributed by atoms with Crippen LogP contribution < -0.4 is 0 Å². The third kappa shape index (κ3) is 11.0. The fourth-order valence-electron chi connectivity index (χ4n) is 5.17. The molecule has 0 aromatic heterocycles. The van der Waals surface area contributed by atoms with Gasteiger partial charge < -0.3 is 23.8 Å². The van der Waals surface area contributed by atoms with Gasteiger partial charge in [-0.2, -0.15) is 26.3 Å². The molecular formula is C31H36F6N2O7. The Labute approximate surface area is 262 Å². The molecular weight excluding hydrogens is 626 g/mol. The van der Waals surface area contributed by atoms with Crippen molar-refractivity contribution < 1.29 is 59.7 Å². The minimum atomic E-state index is -5.12. The van der Waals surface area contributed by atoms with Crippen LogP contribution in [0.4, 0.5) is 26.3 Å². The van der Waals surface area contributed by atoms with Crippen molar-refractivity contribution in [2.45, 2.75) is 43.7 Å². The molecule has 3 rings (SSSR count). The van der Waals surface area contributed by atoms with Gasteiger partial charge in [-0.3, -0.25) is 19.3 Å². The molecule has 9 nitrogen and oxygen atoms in total. The Morgan fingerprint density at radius 2 is 1.33 bits per heavy atom. The molecule has 2 aromatic rings. The number of hydrogen-bond donors (Lipinski definition) is 0. The van der Waals surface area contributed by atoms with Gasteiger partial charge in [0.2, 0.25) is 0 Å². The number of nitrogens with zero attached hydrogens (tertiary/aromatic N) is 2. The molecule has 1 saturated heterocycles. The molecule has 1 heterocycles. The minimum Gasteiger partial charge on any atom is -0.462 e. The van der Waals surface area contributed by atoms with Crippen molar-refractivity contribution in [3.8, 4) is 0 Å². The zero-order valence-corrected chi connectivity index (χ0v) is 25.4. The number of benzene rings is 2. The van der Waals surface area contributed by atoms with Crippen molar-refractivity contribution in [1.29, 1.82) is 0 Å². The zero-order valence-electron chi connectivity index (χ0n) is 25.4. The normalized spacial score (nSPS) is 17.2. The average Bonchev–Trinajstić information content (AvgIpc) is 3.00. The van der Waals surface area contributed by atoms with Gasteiger partial charge in [0.25, 0.3) is 5.91 Å². The van der Waals surface area contributed by atoms with E-state index >= 15 is 0 Å². The van der Waals surface area contributed by atoms with Crippen molar-refractivity contribution in [2.75, 3.05) is 60.3 Å². The first-order valence-electron chi connectivity index (χ1n) is 14.4. The van der Waals surface area contributed by atoms with Gasteiger partial charge in [-0.05, 0) is 43.0 Å². The molecule has 0 bridgehead atoms. The van der Waals surface area contributed by atoms with E-state index in [4.69, 9.17) is 18.9 Å². The zero-order chi connectivity index (χ0) is 33.9. The van der Waals surface area contributed by atoms with E-state index in [-0.39, 0.29) is 71.4 Å². The standard InChI is InChI=1S/C31H36F6N2O7/c1-43-10-12-45-27(40)19-38(20-28(41)46-13-11-44-2)25-8-9-39(26(18-25)14-21-6-4-3-5-7-21)29(42)22-15-23(30(32,33)34)17-24(16-22)31(35,36)37/h3-7,15-17,25-26H,8-14,18-20H2,1-2H3. The highest BCUT2D eigenvalue weighted by molar-refractivity contribution is 5.95. The molecule has 0 aliphatic carbocycles. The number of methoxy groups -OCH3 is 2. The predicted molar refractivity (Wildman–Crippen MR) is 152 cm³/mol. The number of carbonyl (C=O) groups excluding carboxylic acids is 3. The molecule has 2 atom stereocenters. The Morgan fingerprint density at radius 1 is 0.804 bits per heavy atom. The Hall–Kier alpha value is -3.69. The molecule has 254 valence electrons. The number of halogens is 6. The number of hydrogen-bond acceptors (Lipinski definition) is 8. The van der Waals surface area contributed by atoms with Crippen LogP contribution in [-0.4, -0.2) is 100 Å². The fraction of sp³-hybridized carbons (Fsp3) is 0.516. The molecule has 0 N–H and O–H groups in total. The lowest BCUT2D eigenvalue weighted by atomic mass is 9.90. The van der Waals surface area contributed by atoms with Crippen LogP contribution >= 0.6 is 0 Å². The number of ether oxygens (including phenoxy) is 4. The molecule has 0 radical (unpaired) electrons. The van der Waals surface area contributed by atoms with Crippen LogP contribution in [0.1, 0.15) is 39.9 Å². The van der Waals surface area contributed by atoms with E-state index in [1.54, 1.807) is 30.3 Å². The lowest BCUT2D eigenvalue weighted by Gasteiger charge is -2.43. The van der Waals surface area contributed by atoms with E-state index < -0.39 is 59.0 Å². The number of amides is 1. The van der Waals surface area contributed by atoms with Crippen LogP contribution in [0.5, 0.6) is 0 Å². The fourth-order valence-corrected chi connectivity index (χ4v) is 5.17. The third-order valence-electron chi connectivity index (χ3n) is 7.38. The van der Waals surface area contributed by atoms with Gasteiger partial charge in [-0.1, -0.05) is 30.3 Å². The Kier molecular flexibility index (Phi) is 13.4. The first-order valence-corrected chi connectivity index (χ1v) is 14.4. The largest absolute Gasteiger partial charge is 0.462 e. The van der Waals surface area contributed by atoms with Crippen LogP contribution in [0.2, 0.25) is 0 Å². The van der Waals surface area contributed by atoms with E-state index in [9.17, 15) is 40.7 Å². The summed E-state index contributed by atoms with van der Waals surface area (Å²) >= 11 is 0. The monoisotopic (exact) mass is 662 g/mol. The second-order valence-electron chi connectivity index (χ2n) is 10.6. The molecule has 2 aromatic carbocycles. The van der Waals surface area contributed by atoms with Crippen molar-refractivity contribution in [3.63, 3.8) is 0 Å². The lowest BCUT2D eigenvalue weighted by molar-refractivity contribution is -0.152. The maximum absolute atomic E-state index is 13.7. The number of rotatable bonds is 14. The summed E-state index contributed by atoms with van der Waals surface area (Å²) in [4.78, 5) is 41.7. The number of carbonyl (C=O) groups is 3. The summed E-state index contributed by atoms with van der Waals surface area (Å²) in [6.07, 6.45) is -9.74. The van der Waals surface area contributed by atoms with Gasteiger partial charge in [-0.25, -0.2) is 0 Å². The summed E-state index contributed by atoms with van der Waals surface area (Å²) in [5.41, 5.74) is -3.18. The first kappa shape index (κ1) is 36.8. The highest BCUT2D eigenvalue weighted by atomic mass is 19.4. The van der Waals surface area contributed by atoms with Gasteiger partial charge in [0.05, 0.1) is 37.4 Å². The minimum absolute atomic E-state index is 0.0259. The van der Waals surface area contributed by atoms with Crippen LogP contribution in [0.3, 0.4) is 0 Å². The second kappa shape index (κ2) is 16.7. The Balaban J connectivity index is 1.93. The third-order valence-corrected chi connectivity index (χ3v) is 7.38.